The summed E-state index contributed by atoms with van der Waals surface area (Å²) in [5.41, 5.74) is 0. The molecule has 2 amide bonds. The number of urea groups is 1. The van der Waals surface area contributed by atoms with E-state index in [1.54, 1.807) is 9.80 Å². The van der Waals surface area contributed by atoms with Gasteiger partial charge in [-0.2, -0.15) is 0 Å². The topological polar surface area (TPSA) is 90.3 Å². The number of carbonyl (C=O) groups excluding carboxylic acids is 1. The van der Waals surface area contributed by atoms with Gasteiger partial charge in [-0.15, -0.1) is 0 Å². The summed E-state index contributed by atoms with van der Waals surface area (Å²) in [7, 11) is 0. The molecule has 2 aliphatic heterocycles. The maximum Gasteiger partial charge on any atom is 0.320 e. The van der Waals surface area contributed by atoms with Crippen molar-refractivity contribution in [3.63, 3.8) is 0 Å². The molecular formula is C14H24N2O5. The third-order valence-electron chi connectivity index (χ3n) is 4.24. The molecule has 0 spiro atoms. The lowest BCUT2D eigenvalue weighted by Crippen LogP contribution is -2.56. The predicted molar refractivity (Wildman–Crippen MR) is 75.0 cm³/mol. The van der Waals surface area contributed by atoms with Crippen LogP contribution in [-0.2, 0) is 9.53 Å². The number of piperidine rings is 1. The molecule has 2 heterocycles. The zero-order valence-corrected chi connectivity index (χ0v) is 12.2. The van der Waals surface area contributed by atoms with Crippen LogP contribution in [0.4, 0.5) is 4.79 Å². The summed E-state index contributed by atoms with van der Waals surface area (Å²) in [6.07, 6.45) is 2.66. The molecule has 2 fully saturated rings. The second kappa shape index (κ2) is 7.61. The van der Waals surface area contributed by atoms with Crippen molar-refractivity contribution < 1.29 is 24.5 Å². The lowest BCUT2D eigenvalue weighted by molar-refractivity contribution is -0.137. The van der Waals surface area contributed by atoms with Gasteiger partial charge in [-0.3, -0.25) is 4.79 Å². The van der Waals surface area contributed by atoms with Gasteiger partial charge in [-0.1, -0.05) is 0 Å². The lowest BCUT2D eigenvalue weighted by atomic mass is 9.93. The van der Waals surface area contributed by atoms with Crippen LogP contribution in [0.5, 0.6) is 0 Å². The summed E-state index contributed by atoms with van der Waals surface area (Å²) in [4.78, 5) is 26.7. The number of aliphatic hydroxyl groups excluding tert-OH is 1. The number of aliphatic hydroxyl groups is 1. The molecule has 0 aromatic carbocycles. The molecule has 21 heavy (non-hydrogen) atoms. The van der Waals surface area contributed by atoms with E-state index in [0.29, 0.717) is 39.3 Å². The summed E-state index contributed by atoms with van der Waals surface area (Å²) in [6.45, 7) is 2.60. The Morgan fingerprint density at radius 1 is 1.29 bits per heavy atom. The highest BCUT2D eigenvalue weighted by molar-refractivity contribution is 5.75. The first-order valence-corrected chi connectivity index (χ1v) is 7.57. The fourth-order valence-corrected chi connectivity index (χ4v) is 3.04. The van der Waals surface area contributed by atoms with E-state index in [4.69, 9.17) is 9.84 Å². The monoisotopic (exact) mass is 300 g/mol. The number of hydrogen-bond acceptors (Lipinski definition) is 4. The number of nitrogens with zero attached hydrogens (tertiary/aromatic N) is 2. The Labute approximate surface area is 124 Å². The lowest BCUT2D eigenvalue weighted by Gasteiger charge is -2.40. The van der Waals surface area contributed by atoms with Crippen molar-refractivity contribution in [3.8, 4) is 0 Å². The van der Waals surface area contributed by atoms with Crippen LogP contribution in [0.2, 0.25) is 0 Å². The van der Waals surface area contributed by atoms with Gasteiger partial charge < -0.3 is 24.7 Å². The molecule has 0 aromatic heterocycles. The zero-order valence-electron chi connectivity index (χ0n) is 12.2. The number of carboxylic acids is 1. The van der Waals surface area contributed by atoms with Gasteiger partial charge in [0, 0.05) is 26.1 Å². The van der Waals surface area contributed by atoms with Crippen LogP contribution in [0, 0.1) is 5.92 Å². The van der Waals surface area contributed by atoms with Crippen molar-refractivity contribution in [2.45, 2.75) is 31.7 Å². The number of morpholine rings is 1. The van der Waals surface area contributed by atoms with Crippen molar-refractivity contribution in [2.75, 3.05) is 39.5 Å². The maximum atomic E-state index is 12.6. The fourth-order valence-electron chi connectivity index (χ4n) is 3.04. The van der Waals surface area contributed by atoms with Crippen LogP contribution >= 0.6 is 0 Å². The van der Waals surface area contributed by atoms with Crippen LogP contribution in [-0.4, -0.2) is 77.5 Å². The highest BCUT2D eigenvalue weighted by Crippen LogP contribution is 2.23. The van der Waals surface area contributed by atoms with Gasteiger partial charge in [0.15, 0.2) is 0 Å². The predicted octanol–water partition coefficient (Wildman–Crippen LogP) is 0.376. The summed E-state index contributed by atoms with van der Waals surface area (Å²) in [5.74, 6) is -0.528. The van der Waals surface area contributed by atoms with Gasteiger partial charge in [-0.05, 0) is 25.2 Å². The molecule has 2 saturated heterocycles. The number of carboxylic acid groups (broad SMARTS) is 1. The van der Waals surface area contributed by atoms with Crippen molar-refractivity contribution in [3.05, 3.63) is 0 Å². The third-order valence-corrected chi connectivity index (χ3v) is 4.24. The average Bonchev–Trinajstić information content (AvgIpc) is 2.52. The first-order valence-electron chi connectivity index (χ1n) is 7.57. The highest BCUT2D eigenvalue weighted by atomic mass is 16.5. The van der Waals surface area contributed by atoms with E-state index in [0.717, 1.165) is 12.8 Å². The molecule has 0 bridgehead atoms. The fraction of sp³-hybridized carbons (Fsp3) is 0.857. The summed E-state index contributed by atoms with van der Waals surface area (Å²) in [5, 5.41) is 18.1. The van der Waals surface area contributed by atoms with Gasteiger partial charge in [-0.25, -0.2) is 4.79 Å². The average molecular weight is 300 g/mol. The molecule has 7 heteroatoms. The van der Waals surface area contributed by atoms with Gasteiger partial charge in [0.05, 0.1) is 25.9 Å². The minimum absolute atomic E-state index is 0.0580. The van der Waals surface area contributed by atoms with Crippen LogP contribution in [0.15, 0.2) is 0 Å². The van der Waals surface area contributed by atoms with Crippen LogP contribution in [0.25, 0.3) is 0 Å². The van der Waals surface area contributed by atoms with E-state index in [-0.39, 0.29) is 31.0 Å². The first kappa shape index (κ1) is 16.0. The number of hydrogen-bond donors (Lipinski definition) is 2. The Bertz CT molecular complexity index is 376. The molecule has 0 aliphatic carbocycles. The van der Waals surface area contributed by atoms with Crippen LogP contribution in [0.1, 0.15) is 25.7 Å². The standard InChI is InChI=1S/C14H24N2O5/c17-9-12-10-21-7-6-16(12)14(20)15-5-1-2-11(8-15)3-4-13(18)19/h11-12,17H,1-10H2,(H,18,19). The van der Waals surface area contributed by atoms with Crippen molar-refractivity contribution in [1.29, 1.82) is 0 Å². The molecule has 2 rings (SSSR count). The van der Waals surface area contributed by atoms with E-state index in [1.165, 1.54) is 0 Å². The third kappa shape index (κ3) is 4.31. The van der Waals surface area contributed by atoms with E-state index >= 15 is 0 Å². The second-order valence-corrected chi connectivity index (χ2v) is 5.77. The molecule has 2 atom stereocenters. The number of aliphatic carboxylic acids is 1. The largest absolute Gasteiger partial charge is 0.481 e. The van der Waals surface area contributed by atoms with E-state index in [1.807, 2.05) is 0 Å². The van der Waals surface area contributed by atoms with E-state index in [2.05, 4.69) is 0 Å². The molecule has 0 aromatic rings. The first-order chi connectivity index (χ1) is 10.1. The Hall–Kier alpha value is -1.34. The maximum absolute atomic E-state index is 12.6. The molecule has 120 valence electrons. The second-order valence-electron chi connectivity index (χ2n) is 5.77. The number of carbonyl (C=O) groups is 2. The molecule has 7 nitrogen and oxygen atoms in total. The quantitative estimate of drug-likeness (QED) is 0.783. The Morgan fingerprint density at radius 3 is 2.81 bits per heavy atom. The molecule has 2 unspecified atom stereocenters. The van der Waals surface area contributed by atoms with Crippen molar-refractivity contribution >= 4 is 12.0 Å². The summed E-state index contributed by atoms with van der Waals surface area (Å²) < 4.78 is 5.29. The van der Waals surface area contributed by atoms with Crippen molar-refractivity contribution in [2.24, 2.45) is 5.92 Å². The molecule has 2 aliphatic rings. The van der Waals surface area contributed by atoms with E-state index < -0.39 is 5.97 Å². The molecule has 0 radical (unpaired) electrons. The Kier molecular flexibility index (Phi) is 5.81. The minimum Gasteiger partial charge on any atom is -0.481 e. The number of rotatable bonds is 4. The van der Waals surface area contributed by atoms with Gasteiger partial charge >= 0.3 is 12.0 Å². The number of likely N-dealkylation sites (tertiary alicyclic amines) is 1. The van der Waals surface area contributed by atoms with Gasteiger partial charge in [0.2, 0.25) is 0 Å². The minimum atomic E-state index is -0.785. The normalized spacial score (nSPS) is 26.7. The molecule has 2 N–H and O–H groups in total. The van der Waals surface area contributed by atoms with Crippen LogP contribution in [0.3, 0.4) is 0 Å². The Morgan fingerprint density at radius 2 is 2.10 bits per heavy atom. The van der Waals surface area contributed by atoms with Crippen molar-refractivity contribution in [1.82, 2.24) is 9.80 Å². The smallest absolute Gasteiger partial charge is 0.320 e. The molecular weight excluding hydrogens is 276 g/mol. The summed E-state index contributed by atoms with van der Waals surface area (Å²) >= 11 is 0. The SMILES string of the molecule is O=C(O)CCC1CCCN(C(=O)N2CCOCC2CO)C1. The van der Waals surface area contributed by atoms with Gasteiger partial charge in [0.25, 0.3) is 0 Å². The summed E-state index contributed by atoms with van der Waals surface area (Å²) in [6, 6.07) is -0.331. The number of amides is 2. The van der Waals surface area contributed by atoms with Gasteiger partial charge in [0.1, 0.15) is 0 Å². The molecule has 0 saturated carbocycles. The van der Waals surface area contributed by atoms with E-state index in [9.17, 15) is 14.7 Å². The Balaban J connectivity index is 1.90. The number of ether oxygens (including phenoxy) is 1. The van der Waals surface area contributed by atoms with Crippen LogP contribution < -0.4 is 0 Å². The highest BCUT2D eigenvalue weighted by Gasteiger charge is 2.32. The zero-order chi connectivity index (χ0) is 15.2.